The van der Waals surface area contributed by atoms with Crippen LogP contribution in [-0.4, -0.2) is 56.1 Å². The molecule has 1 saturated heterocycles. The molecule has 0 atom stereocenters. The molecule has 0 saturated carbocycles. The van der Waals surface area contributed by atoms with Crippen LogP contribution in [0.2, 0.25) is 5.02 Å². The van der Waals surface area contributed by atoms with E-state index in [1.807, 2.05) is 38.1 Å². The molecule has 4 aromatic rings. The quantitative estimate of drug-likeness (QED) is 0.287. The zero-order valence-corrected chi connectivity index (χ0v) is 24.7. The van der Waals surface area contributed by atoms with Gasteiger partial charge in [-0.25, -0.2) is 9.97 Å². The maximum Gasteiger partial charge on any atom is 0.260 e. The molecule has 8 nitrogen and oxygen atoms in total. The zero-order chi connectivity index (χ0) is 25.9. The van der Waals surface area contributed by atoms with Crippen molar-refractivity contribution in [3.05, 3.63) is 63.9 Å². The predicted molar refractivity (Wildman–Crippen MR) is 164 cm³/mol. The van der Waals surface area contributed by atoms with E-state index in [0.29, 0.717) is 34.3 Å². The molecule has 11 heteroatoms. The van der Waals surface area contributed by atoms with Crippen LogP contribution in [0.15, 0.2) is 47.7 Å². The number of piperidine rings is 1. The van der Waals surface area contributed by atoms with Gasteiger partial charge in [0.05, 0.1) is 17.6 Å². The van der Waals surface area contributed by atoms with Crippen LogP contribution in [0.1, 0.15) is 31.9 Å². The van der Waals surface area contributed by atoms with Crippen molar-refractivity contribution in [1.82, 2.24) is 29.4 Å². The number of hydrogen-bond acceptors (Lipinski definition) is 7. The van der Waals surface area contributed by atoms with Gasteiger partial charge in [0.15, 0.2) is 0 Å². The number of halogens is 3. The number of aromatic nitrogens is 5. The van der Waals surface area contributed by atoms with Gasteiger partial charge in [0.2, 0.25) is 5.95 Å². The smallest absolute Gasteiger partial charge is 0.260 e. The fourth-order valence-corrected chi connectivity index (χ4v) is 5.25. The number of anilines is 1. The van der Waals surface area contributed by atoms with Gasteiger partial charge in [0.1, 0.15) is 5.65 Å². The topological polar surface area (TPSA) is 88.8 Å². The number of rotatable bonds is 7. The van der Waals surface area contributed by atoms with Gasteiger partial charge in [-0.2, -0.15) is 4.98 Å². The fourth-order valence-electron chi connectivity index (χ4n) is 4.96. The van der Waals surface area contributed by atoms with Crippen molar-refractivity contribution in [3.8, 4) is 22.4 Å². The van der Waals surface area contributed by atoms with E-state index in [9.17, 15) is 4.79 Å². The number of likely N-dealkylation sites (tertiary alicyclic amines) is 1. The largest absolute Gasteiger partial charge is 0.354 e. The Labute approximate surface area is 246 Å². The molecular weight excluding hydrogens is 557 g/mol. The summed E-state index contributed by atoms with van der Waals surface area (Å²) in [5.74, 6) is 1.28. The fraction of sp³-hybridized carbons (Fsp3) is 0.393. The maximum atomic E-state index is 13.5. The molecule has 0 bridgehead atoms. The van der Waals surface area contributed by atoms with Gasteiger partial charge in [-0.3, -0.25) is 14.3 Å². The summed E-state index contributed by atoms with van der Waals surface area (Å²) in [5.41, 5.74) is 4.09. The van der Waals surface area contributed by atoms with Crippen molar-refractivity contribution in [3.63, 3.8) is 0 Å². The highest BCUT2D eigenvalue weighted by Gasteiger charge is 2.18. The molecule has 1 aromatic carbocycles. The van der Waals surface area contributed by atoms with E-state index in [-0.39, 0.29) is 30.4 Å². The van der Waals surface area contributed by atoms with E-state index < -0.39 is 0 Å². The highest BCUT2D eigenvalue weighted by molar-refractivity contribution is 6.33. The molecule has 1 aliphatic heterocycles. The van der Waals surface area contributed by atoms with Crippen LogP contribution < -0.4 is 10.9 Å². The van der Waals surface area contributed by atoms with Crippen LogP contribution in [-0.2, 0) is 6.54 Å². The number of fused-ring (bicyclic) bond motifs is 1. The minimum Gasteiger partial charge on any atom is -0.354 e. The Kier molecular flexibility index (Phi) is 10.7. The number of nitrogens with one attached hydrogen (secondary N) is 1. The first-order chi connectivity index (χ1) is 17.9. The highest BCUT2D eigenvalue weighted by atomic mass is 35.5. The van der Waals surface area contributed by atoms with E-state index in [4.69, 9.17) is 16.6 Å². The Morgan fingerprint density at radius 1 is 1.05 bits per heavy atom. The molecule has 0 unspecified atom stereocenters. The normalized spacial score (nSPS) is 14.1. The van der Waals surface area contributed by atoms with Crippen LogP contribution >= 0.6 is 36.4 Å². The molecule has 1 aliphatic rings. The Morgan fingerprint density at radius 3 is 2.51 bits per heavy atom. The predicted octanol–water partition coefficient (Wildman–Crippen LogP) is 5.88. The Hall–Kier alpha value is -2.78. The second-order valence-corrected chi connectivity index (χ2v) is 10.2. The lowest BCUT2D eigenvalue weighted by atomic mass is 9.94. The molecule has 0 radical (unpaired) electrons. The molecule has 3 aromatic heterocycles. The van der Waals surface area contributed by atoms with Crippen molar-refractivity contribution in [1.29, 1.82) is 0 Å². The first-order valence-corrected chi connectivity index (χ1v) is 13.2. The molecule has 1 N–H and O–H groups in total. The van der Waals surface area contributed by atoms with Gasteiger partial charge in [-0.15, -0.1) is 24.8 Å². The molecular formula is C28H34Cl3N7O. The molecule has 0 amide bonds. The molecule has 39 heavy (non-hydrogen) atoms. The molecule has 208 valence electrons. The van der Waals surface area contributed by atoms with Crippen molar-refractivity contribution >= 4 is 53.4 Å². The third kappa shape index (κ3) is 6.87. The molecule has 1 fully saturated rings. The number of aryl methyl sites for hydroxylation is 2. The van der Waals surface area contributed by atoms with Gasteiger partial charge in [0.25, 0.3) is 5.56 Å². The number of pyridine rings is 1. The number of benzene rings is 1. The van der Waals surface area contributed by atoms with Crippen LogP contribution in [0.5, 0.6) is 0 Å². The standard InChI is InChI=1S/C28H32ClN7O.2ClH/c1-4-36-26-21(16-32-28(34-26)31-10-7-19-8-11-35(3)12-9-19)13-23(27(36)37)22-6-5-20(14-24(22)29)25-17-30-15-18(2)33-25;;/h5-6,13-17,19H,4,7-12H2,1-3H3,(H,31,32,34);2*1H. The summed E-state index contributed by atoms with van der Waals surface area (Å²) in [7, 11) is 2.18. The van der Waals surface area contributed by atoms with Crippen molar-refractivity contribution in [2.45, 2.75) is 39.7 Å². The van der Waals surface area contributed by atoms with Crippen LogP contribution in [0.3, 0.4) is 0 Å². The first-order valence-electron chi connectivity index (χ1n) is 12.8. The maximum absolute atomic E-state index is 13.5. The SMILES string of the molecule is CCn1c(=O)c(-c2ccc(-c3cncc(C)n3)cc2Cl)cc2cnc(NCCC3CCN(C)CC3)nc21.Cl.Cl. The lowest BCUT2D eigenvalue weighted by molar-refractivity contribution is 0.215. The van der Waals surface area contributed by atoms with Gasteiger partial charge in [0, 0.05) is 52.6 Å². The number of hydrogen-bond donors (Lipinski definition) is 1. The van der Waals surface area contributed by atoms with Crippen molar-refractivity contribution in [2.24, 2.45) is 5.92 Å². The lowest BCUT2D eigenvalue weighted by Gasteiger charge is -2.28. The third-order valence-electron chi connectivity index (χ3n) is 7.13. The van der Waals surface area contributed by atoms with Crippen LogP contribution in [0, 0.1) is 12.8 Å². The molecule has 0 spiro atoms. The average molecular weight is 591 g/mol. The monoisotopic (exact) mass is 589 g/mol. The Bertz CT molecular complexity index is 1490. The summed E-state index contributed by atoms with van der Waals surface area (Å²) in [6.07, 6.45) is 8.75. The van der Waals surface area contributed by atoms with E-state index in [2.05, 4.69) is 32.2 Å². The summed E-state index contributed by atoms with van der Waals surface area (Å²) in [4.78, 5) is 33.9. The first kappa shape index (κ1) is 30.8. The van der Waals surface area contributed by atoms with E-state index in [1.165, 1.54) is 12.8 Å². The van der Waals surface area contributed by atoms with E-state index >= 15 is 0 Å². The summed E-state index contributed by atoms with van der Waals surface area (Å²) in [5, 5.41) is 4.64. The van der Waals surface area contributed by atoms with Crippen LogP contribution in [0.25, 0.3) is 33.4 Å². The molecule has 5 rings (SSSR count). The summed E-state index contributed by atoms with van der Waals surface area (Å²) in [6, 6.07) is 7.44. The molecule has 4 heterocycles. The minimum atomic E-state index is -0.129. The number of nitrogens with zero attached hydrogens (tertiary/aromatic N) is 6. The Morgan fingerprint density at radius 2 is 1.82 bits per heavy atom. The minimum absolute atomic E-state index is 0. The highest BCUT2D eigenvalue weighted by Crippen LogP contribution is 2.31. The summed E-state index contributed by atoms with van der Waals surface area (Å²) < 4.78 is 1.69. The van der Waals surface area contributed by atoms with Gasteiger partial charge >= 0.3 is 0 Å². The third-order valence-corrected chi connectivity index (χ3v) is 7.44. The zero-order valence-electron chi connectivity index (χ0n) is 22.4. The van der Waals surface area contributed by atoms with Crippen molar-refractivity contribution < 1.29 is 0 Å². The van der Waals surface area contributed by atoms with Gasteiger partial charge < -0.3 is 10.2 Å². The van der Waals surface area contributed by atoms with E-state index in [0.717, 1.165) is 54.3 Å². The second-order valence-electron chi connectivity index (χ2n) is 9.78. The van der Waals surface area contributed by atoms with E-state index in [1.54, 1.807) is 23.2 Å². The molecule has 0 aliphatic carbocycles. The summed E-state index contributed by atoms with van der Waals surface area (Å²) in [6.45, 7) is 7.48. The van der Waals surface area contributed by atoms with Gasteiger partial charge in [-0.1, -0.05) is 23.7 Å². The Balaban J connectivity index is 0.00000210. The van der Waals surface area contributed by atoms with Crippen molar-refractivity contribution in [2.75, 3.05) is 32.0 Å². The lowest BCUT2D eigenvalue weighted by Crippen LogP contribution is -2.31. The summed E-state index contributed by atoms with van der Waals surface area (Å²) >= 11 is 6.69. The van der Waals surface area contributed by atoms with Gasteiger partial charge in [-0.05, 0) is 71.3 Å². The second kappa shape index (κ2) is 13.5. The van der Waals surface area contributed by atoms with Crippen LogP contribution in [0.4, 0.5) is 5.95 Å². The average Bonchev–Trinajstić information content (AvgIpc) is 2.90.